The maximum absolute atomic E-state index is 10.6. The summed E-state index contributed by atoms with van der Waals surface area (Å²) < 4.78 is 0. The van der Waals surface area contributed by atoms with Gasteiger partial charge in [0.1, 0.15) is 0 Å². The first-order valence-corrected chi connectivity index (χ1v) is 7.32. The van der Waals surface area contributed by atoms with Crippen LogP contribution in [0.1, 0.15) is 18.4 Å². The van der Waals surface area contributed by atoms with Crippen LogP contribution in [0.15, 0.2) is 66.9 Å². The molecule has 0 spiro atoms. The van der Waals surface area contributed by atoms with Crippen molar-refractivity contribution in [3.05, 3.63) is 72.4 Å². The SMILES string of the molecule is N#Cc1ccccc1-c1ccccc1.O=C1C[C@H]2CC=CN12. The molecule has 0 aromatic heterocycles. The Morgan fingerprint density at radius 3 is 2.41 bits per heavy atom. The largest absolute Gasteiger partial charge is 0.315 e. The van der Waals surface area contributed by atoms with E-state index in [0.717, 1.165) is 29.5 Å². The van der Waals surface area contributed by atoms with Crippen LogP contribution < -0.4 is 0 Å². The molecule has 0 aliphatic carbocycles. The summed E-state index contributed by atoms with van der Waals surface area (Å²) in [6, 6.07) is 20.3. The van der Waals surface area contributed by atoms with Crippen LogP contribution in [0.4, 0.5) is 0 Å². The van der Waals surface area contributed by atoms with E-state index in [1.54, 1.807) is 4.90 Å². The summed E-state index contributed by atoms with van der Waals surface area (Å²) in [4.78, 5) is 12.4. The molecule has 3 heteroatoms. The Kier molecular flexibility index (Phi) is 4.02. The van der Waals surface area contributed by atoms with Gasteiger partial charge in [0.25, 0.3) is 0 Å². The van der Waals surface area contributed by atoms with E-state index in [-0.39, 0.29) is 5.91 Å². The number of benzene rings is 2. The lowest BCUT2D eigenvalue weighted by molar-refractivity contribution is -0.140. The molecule has 22 heavy (non-hydrogen) atoms. The molecule has 4 rings (SSSR count). The second-order valence-corrected chi connectivity index (χ2v) is 5.30. The van der Waals surface area contributed by atoms with Gasteiger partial charge in [-0.1, -0.05) is 54.6 Å². The van der Waals surface area contributed by atoms with Gasteiger partial charge in [0.05, 0.1) is 11.6 Å². The Morgan fingerprint density at radius 1 is 1.05 bits per heavy atom. The molecule has 2 aliphatic rings. The molecular weight excluding hydrogens is 272 g/mol. The van der Waals surface area contributed by atoms with Gasteiger partial charge >= 0.3 is 0 Å². The van der Waals surface area contributed by atoms with Crippen LogP contribution in [0, 0.1) is 11.3 Å². The first-order valence-electron chi connectivity index (χ1n) is 7.32. The highest BCUT2D eigenvalue weighted by molar-refractivity contribution is 5.84. The Labute approximate surface area is 130 Å². The Balaban J connectivity index is 0.000000151. The van der Waals surface area contributed by atoms with E-state index in [0.29, 0.717) is 6.04 Å². The summed E-state index contributed by atoms with van der Waals surface area (Å²) in [5.41, 5.74) is 2.80. The Morgan fingerprint density at radius 2 is 1.77 bits per heavy atom. The molecule has 0 bridgehead atoms. The third-order valence-electron chi connectivity index (χ3n) is 3.90. The highest BCUT2D eigenvalue weighted by atomic mass is 16.2. The van der Waals surface area contributed by atoms with E-state index in [1.165, 1.54) is 0 Å². The van der Waals surface area contributed by atoms with Gasteiger partial charge in [0, 0.05) is 18.7 Å². The average Bonchev–Trinajstić information content (AvgIpc) is 2.97. The van der Waals surface area contributed by atoms with Gasteiger partial charge in [-0.2, -0.15) is 5.26 Å². The van der Waals surface area contributed by atoms with Crippen molar-refractivity contribution in [2.24, 2.45) is 0 Å². The van der Waals surface area contributed by atoms with Crippen molar-refractivity contribution in [2.45, 2.75) is 18.9 Å². The molecule has 2 aromatic carbocycles. The standard InChI is InChI=1S/C13H9N.C6H7NO/c14-10-12-8-4-5-9-13(12)11-6-2-1-3-7-11;8-6-4-5-2-1-3-7(5)6/h1-9H;1,3,5H,2,4H2/t;5-/m.1/s1. The summed E-state index contributed by atoms with van der Waals surface area (Å²) in [5.74, 6) is 0.281. The molecule has 0 N–H and O–H groups in total. The van der Waals surface area contributed by atoms with Gasteiger partial charge in [-0.05, 0) is 23.6 Å². The molecule has 1 fully saturated rings. The molecule has 1 atom stereocenters. The first kappa shape index (κ1) is 14.1. The van der Waals surface area contributed by atoms with Crippen molar-refractivity contribution in [1.82, 2.24) is 4.90 Å². The minimum Gasteiger partial charge on any atom is -0.315 e. The zero-order valence-corrected chi connectivity index (χ0v) is 12.1. The summed E-state index contributed by atoms with van der Waals surface area (Å²) in [6.07, 6.45) is 5.78. The minimum atomic E-state index is 0.281. The first-order chi connectivity index (χ1) is 10.8. The summed E-state index contributed by atoms with van der Waals surface area (Å²) >= 11 is 0. The van der Waals surface area contributed by atoms with Crippen LogP contribution in [0.5, 0.6) is 0 Å². The van der Waals surface area contributed by atoms with Crippen LogP contribution in [0.2, 0.25) is 0 Å². The fraction of sp³-hybridized carbons (Fsp3) is 0.158. The lowest BCUT2D eigenvalue weighted by Crippen LogP contribution is -2.45. The van der Waals surface area contributed by atoms with E-state index >= 15 is 0 Å². The predicted octanol–water partition coefficient (Wildman–Crippen LogP) is 3.73. The molecule has 2 heterocycles. The van der Waals surface area contributed by atoms with Crippen molar-refractivity contribution in [1.29, 1.82) is 5.26 Å². The number of β-lactam (4-membered cyclic amide) rings is 1. The third-order valence-corrected chi connectivity index (χ3v) is 3.90. The molecule has 108 valence electrons. The third kappa shape index (κ3) is 2.77. The number of fused-ring (bicyclic) bond motifs is 1. The highest BCUT2D eigenvalue weighted by Crippen LogP contribution is 2.27. The summed E-state index contributed by atoms with van der Waals surface area (Å²) in [7, 11) is 0. The van der Waals surface area contributed by atoms with Gasteiger partial charge in [-0.25, -0.2) is 0 Å². The van der Waals surface area contributed by atoms with Crippen molar-refractivity contribution in [3.63, 3.8) is 0 Å². The summed E-state index contributed by atoms with van der Waals surface area (Å²) in [5, 5.41) is 8.93. The smallest absolute Gasteiger partial charge is 0.228 e. The maximum Gasteiger partial charge on any atom is 0.228 e. The fourth-order valence-corrected chi connectivity index (χ4v) is 2.68. The summed E-state index contributed by atoms with van der Waals surface area (Å²) in [6.45, 7) is 0. The van der Waals surface area contributed by atoms with Crippen LogP contribution in [-0.4, -0.2) is 16.8 Å². The van der Waals surface area contributed by atoms with Crippen molar-refractivity contribution in [3.8, 4) is 17.2 Å². The second kappa shape index (κ2) is 6.28. The van der Waals surface area contributed by atoms with Gasteiger partial charge in [0.15, 0.2) is 0 Å². The van der Waals surface area contributed by atoms with E-state index < -0.39 is 0 Å². The van der Waals surface area contributed by atoms with Crippen LogP contribution in [-0.2, 0) is 4.79 Å². The number of carbonyl (C=O) groups is 1. The average molecular weight is 288 g/mol. The predicted molar refractivity (Wildman–Crippen MR) is 85.6 cm³/mol. The molecule has 1 amide bonds. The molecule has 0 unspecified atom stereocenters. The van der Waals surface area contributed by atoms with Crippen molar-refractivity contribution in [2.75, 3.05) is 0 Å². The second-order valence-electron chi connectivity index (χ2n) is 5.30. The lowest BCUT2D eigenvalue weighted by atomic mass is 10.0. The number of hydrogen-bond donors (Lipinski definition) is 0. The number of nitrogens with zero attached hydrogens (tertiary/aromatic N) is 2. The highest BCUT2D eigenvalue weighted by Gasteiger charge is 2.35. The number of amides is 1. The Hall–Kier alpha value is -2.86. The van der Waals surface area contributed by atoms with Crippen LogP contribution in [0.3, 0.4) is 0 Å². The molecule has 2 aliphatic heterocycles. The quantitative estimate of drug-likeness (QED) is 0.750. The minimum absolute atomic E-state index is 0.281. The van der Waals surface area contributed by atoms with Crippen LogP contribution >= 0.6 is 0 Å². The number of hydrogen-bond acceptors (Lipinski definition) is 2. The van der Waals surface area contributed by atoms with E-state index in [1.807, 2.05) is 60.8 Å². The monoisotopic (exact) mass is 288 g/mol. The topological polar surface area (TPSA) is 44.1 Å². The van der Waals surface area contributed by atoms with Crippen LogP contribution in [0.25, 0.3) is 11.1 Å². The van der Waals surface area contributed by atoms with E-state index in [2.05, 4.69) is 12.1 Å². The van der Waals surface area contributed by atoms with Gasteiger partial charge in [0.2, 0.25) is 5.91 Å². The number of rotatable bonds is 1. The fourth-order valence-electron chi connectivity index (χ4n) is 2.68. The molecule has 0 radical (unpaired) electrons. The van der Waals surface area contributed by atoms with Crippen molar-refractivity contribution < 1.29 is 4.79 Å². The van der Waals surface area contributed by atoms with Gasteiger partial charge in [-0.3, -0.25) is 4.79 Å². The molecular formula is C19H16N2O. The number of nitriles is 1. The van der Waals surface area contributed by atoms with E-state index in [4.69, 9.17) is 5.26 Å². The molecule has 2 aromatic rings. The zero-order valence-electron chi connectivity index (χ0n) is 12.1. The normalized spacial score (nSPS) is 17.9. The van der Waals surface area contributed by atoms with E-state index in [9.17, 15) is 4.79 Å². The van der Waals surface area contributed by atoms with Gasteiger partial charge < -0.3 is 4.90 Å². The lowest BCUT2D eigenvalue weighted by Gasteiger charge is -2.32. The Bertz CT molecular complexity index is 744. The molecule has 3 nitrogen and oxygen atoms in total. The zero-order chi connectivity index (χ0) is 15.4. The van der Waals surface area contributed by atoms with Gasteiger partial charge in [-0.15, -0.1) is 0 Å². The maximum atomic E-state index is 10.6. The molecule has 0 saturated carbocycles. The molecule has 1 saturated heterocycles. The number of carbonyl (C=O) groups excluding carboxylic acids is 1. The van der Waals surface area contributed by atoms with Crippen molar-refractivity contribution >= 4 is 5.91 Å².